The van der Waals surface area contributed by atoms with Gasteiger partial charge in [0, 0.05) is 37.9 Å². The van der Waals surface area contributed by atoms with Crippen molar-refractivity contribution in [1.29, 1.82) is 0 Å². The van der Waals surface area contributed by atoms with E-state index in [1.807, 2.05) is 26.0 Å². The van der Waals surface area contributed by atoms with Crippen molar-refractivity contribution in [3.05, 3.63) is 83.4 Å². The number of rotatable bonds is 7. The van der Waals surface area contributed by atoms with Gasteiger partial charge >= 0.3 is 6.03 Å². The molecule has 4 N–H and O–H groups in total. The Kier molecular flexibility index (Phi) is 7.74. The van der Waals surface area contributed by atoms with Crippen molar-refractivity contribution in [2.24, 2.45) is 0 Å². The molecule has 0 saturated carbocycles. The van der Waals surface area contributed by atoms with Gasteiger partial charge < -0.3 is 20.7 Å². The number of hydrogen-bond acceptors (Lipinski definition) is 6. The number of ether oxygens (including phenoxy) is 1. The molecule has 1 aliphatic rings. The molecule has 0 saturated heterocycles. The first-order valence-electron chi connectivity index (χ1n) is 13.0. The molecule has 5 rings (SSSR count). The van der Waals surface area contributed by atoms with Gasteiger partial charge in [-0.2, -0.15) is 5.10 Å². The Labute approximate surface area is 231 Å². The van der Waals surface area contributed by atoms with E-state index in [4.69, 9.17) is 9.84 Å². The van der Waals surface area contributed by atoms with Crippen LogP contribution in [0, 0.1) is 5.82 Å². The fraction of sp³-hybridized carbons (Fsp3) is 0.241. The van der Waals surface area contributed by atoms with Crippen LogP contribution in [0.25, 0.3) is 5.69 Å². The van der Waals surface area contributed by atoms with Crippen molar-refractivity contribution in [1.82, 2.24) is 20.1 Å². The van der Waals surface area contributed by atoms with Crippen molar-refractivity contribution in [3.63, 3.8) is 0 Å². The fourth-order valence-corrected chi connectivity index (χ4v) is 4.35. The number of carbonyl (C=O) groups is 2. The van der Waals surface area contributed by atoms with Crippen molar-refractivity contribution in [2.45, 2.75) is 39.7 Å². The average Bonchev–Trinajstić information content (AvgIpc) is 3.34. The molecule has 40 heavy (non-hydrogen) atoms. The highest BCUT2D eigenvalue weighted by atomic mass is 19.1. The average molecular weight is 544 g/mol. The third-order valence-electron chi connectivity index (χ3n) is 6.34. The third kappa shape index (κ3) is 6.26. The zero-order valence-corrected chi connectivity index (χ0v) is 22.4. The Bertz CT molecular complexity index is 1570. The molecule has 11 heteroatoms. The largest absolute Gasteiger partial charge is 0.457 e. The molecule has 0 fully saturated rings. The number of halogens is 1. The van der Waals surface area contributed by atoms with Gasteiger partial charge in [0.1, 0.15) is 29.0 Å². The van der Waals surface area contributed by atoms with Crippen LogP contribution < -0.4 is 26.0 Å². The normalized spacial score (nSPS) is 12.5. The Morgan fingerprint density at radius 1 is 1.00 bits per heavy atom. The summed E-state index contributed by atoms with van der Waals surface area (Å²) in [7, 11) is 0. The summed E-state index contributed by atoms with van der Waals surface area (Å²) in [6, 6.07) is 14.6. The van der Waals surface area contributed by atoms with Crippen molar-refractivity contribution < 1.29 is 18.7 Å². The molecule has 4 aromatic rings. The monoisotopic (exact) mass is 543 g/mol. The first kappa shape index (κ1) is 26.8. The summed E-state index contributed by atoms with van der Waals surface area (Å²) in [6.07, 6.45) is 2.38. The number of aromatic nitrogens is 3. The topological polar surface area (TPSA) is 122 Å². The van der Waals surface area contributed by atoms with E-state index in [0.29, 0.717) is 17.4 Å². The highest BCUT2D eigenvalue weighted by Crippen LogP contribution is 2.28. The molecule has 0 unspecified atom stereocenters. The van der Waals surface area contributed by atoms with E-state index < -0.39 is 11.8 Å². The van der Waals surface area contributed by atoms with Crippen LogP contribution in [0.1, 0.15) is 43.5 Å². The van der Waals surface area contributed by atoms with Gasteiger partial charge in [-0.1, -0.05) is 19.9 Å². The summed E-state index contributed by atoms with van der Waals surface area (Å²) in [4.78, 5) is 28.2. The minimum atomic E-state index is -0.677. The molecule has 0 radical (unpaired) electrons. The SMILES string of the molecule is CC(=O)Nc1cc(Oc2ccc(NC(=O)Nc3cc(C(C)C)nn3-c3ccc4c(c3)CCNC4)c(F)c2)ccn1. The summed E-state index contributed by atoms with van der Waals surface area (Å²) >= 11 is 0. The third-order valence-corrected chi connectivity index (χ3v) is 6.34. The Morgan fingerprint density at radius 3 is 2.60 bits per heavy atom. The predicted octanol–water partition coefficient (Wildman–Crippen LogP) is 5.57. The maximum absolute atomic E-state index is 14.9. The molecule has 10 nitrogen and oxygen atoms in total. The van der Waals surface area contributed by atoms with Gasteiger partial charge in [0.2, 0.25) is 5.91 Å². The number of anilines is 3. The summed E-state index contributed by atoms with van der Waals surface area (Å²) in [5.74, 6) is 0.564. The van der Waals surface area contributed by atoms with E-state index >= 15 is 0 Å². The van der Waals surface area contributed by atoms with Crippen LogP contribution in [0.5, 0.6) is 11.5 Å². The first-order chi connectivity index (χ1) is 19.2. The van der Waals surface area contributed by atoms with Crippen molar-refractivity contribution in [3.8, 4) is 17.2 Å². The van der Waals surface area contributed by atoms with E-state index in [1.54, 1.807) is 10.7 Å². The minimum Gasteiger partial charge on any atom is -0.457 e. The number of pyridine rings is 1. The van der Waals surface area contributed by atoms with Crippen molar-refractivity contribution >= 4 is 29.3 Å². The maximum Gasteiger partial charge on any atom is 0.324 e. The number of carbonyl (C=O) groups excluding carboxylic acids is 2. The molecule has 2 aromatic heterocycles. The van der Waals surface area contributed by atoms with Crippen LogP contribution in [-0.2, 0) is 17.8 Å². The zero-order chi connectivity index (χ0) is 28.2. The highest BCUT2D eigenvalue weighted by Gasteiger charge is 2.18. The van der Waals surface area contributed by atoms with Gasteiger partial charge in [0.25, 0.3) is 0 Å². The summed E-state index contributed by atoms with van der Waals surface area (Å²) in [5.41, 5.74) is 4.14. The second-order valence-corrected chi connectivity index (χ2v) is 9.78. The van der Waals surface area contributed by atoms with E-state index in [0.717, 1.165) is 37.0 Å². The lowest BCUT2D eigenvalue weighted by Gasteiger charge is -2.18. The number of nitrogens with one attached hydrogen (secondary N) is 4. The number of urea groups is 1. The van der Waals surface area contributed by atoms with E-state index in [1.165, 1.54) is 42.4 Å². The Hall–Kier alpha value is -4.77. The Morgan fingerprint density at radius 2 is 1.82 bits per heavy atom. The number of hydrogen-bond donors (Lipinski definition) is 4. The number of fused-ring (bicyclic) bond motifs is 1. The second kappa shape index (κ2) is 11.5. The van der Waals surface area contributed by atoms with E-state index in [-0.39, 0.29) is 23.3 Å². The van der Waals surface area contributed by atoms with Crippen LogP contribution in [0.15, 0.2) is 60.8 Å². The lowest BCUT2D eigenvalue weighted by Crippen LogP contribution is -2.24. The molecular formula is C29H30FN7O3. The van der Waals surface area contributed by atoms with Gasteiger partial charge in [-0.05, 0) is 60.3 Å². The minimum absolute atomic E-state index is 0.0186. The molecule has 206 valence electrons. The summed E-state index contributed by atoms with van der Waals surface area (Å²) in [5, 5.41) is 16.0. The van der Waals surface area contributed by atoms with E-state index in [2.05, 4.69) is 38.4 Å². The van der Waals surface area contributed by atoms with Gasteiger partial charge in [-0.15, -0.1) is 0 Å². The standard InChI is InChI=1S/C29H30FN7O3/c1-17(2)26-15-28(37(36-26)21-5-4-20-16-31-10-8-19(20)12-21)35-29(39)34-25-7-6-22(13-24(25)30)40-23-9-11-32-27(14-23)33-18(3)38/h4-7,9,11-15,17,31H,8,10,16H2,1-3H3,(H,32,33,38)(H2,34,35,39). The Balaban J connectivity index is 1.30. The highest BCUT2D eigenvalue weighted by molar-refractivity contribution is 5.99. The molecule has 0 bridgehead atoms. The molecule has 3 amide bonds. The smallest absolute Gasteiger partial charge is 0.324 e. The summed E-state index contributed by atoms with van der Waals surface area (Å²) < 4.78 is 22.3. The molecule has 0 atom stereocenters. The molecule has 0 aliphatic carbocycles. The van der Waals surface area contributed by atoms with Gasteiger partial charge in [0.15, 0.2) is 0 Å². The van der Waals surface area contributed by atoms with Crippen molar-refractivity contribution in [2.75, 3.05) is 22.5 Å². The van der Waals surface area contributed by atoms with Gasteiger partial charge in [0.05, 0.1) is 17.1 Å². The fourth-order valence-electron chi connectivity index (χ4n) is 4.35. The zero-order valence-electron chi connectivity index (χ0n) is 22.4. The number of nitrogens with zero attached hydrogens (tertiary/aromatic N) is 3. The van der Waals surface area contributed by atoms with Gasteiger partial charge in [-0.3, -0.25) is 10.1 Å². The van der Waals surface area contributed by atoms with Crippen LogP contribution in [0.2, 0.25) is 0 Å². The van der Waals surface area contributed by atoms with Crippen LogP contribution in [-0.4, -0.2) is 33.2 Å². The lowest BCUT2D eigenvalue weighted by atomic mass is 10.0. The van der Waals surface area contributed by atoms with Crippen LogP contribution in [0.4, 0.5) is 26.5 Å². The first-order valence-corrected chi connectivity index (χ1v) is 13.0. The number of benzene rings is 2. The lowest BCUT2D eigenvalue weighted by molar-refractivity contribution is -0.114. The van der Waals surface area contributed by atoms with Crippen LogP contribution in [0.3, 0.4) is 0 Å². The molecular weight excluding hydrogens is 513 g/mol. The molecule has 3 heterocycles. The molecule has 1 aliphatic heterocycles. The van der Waals surface area contributed by atoms with Gasteiger partial charge in [-0.25, -0.2) is 18.9 Å². The number of amides is 3. The molecule has 0 spiro atoms. The summed E-state index contributed by atoms with van der Waals surface area (Å²) in [6.45, 7) is 7.17. The van der Waals surface area contributed by atoms with Crippen LogP contribution >= 0.6 is 0 Å². The maximum atomic E-state index is 14.9. The van der Waals surface area contributed by atoms with E-state index in [9.17, 15) is 14.0 Å². The molecule has 2 aromatic carbocycles. The second-order valence-electron chi connectivity index (χ2n) is 9.78. The predicted molar refractivity (Wildman–Crippen MR) is 151 cm³/mol. The quantitative estimate of drug-likeness (QED) is 0.242.